The van der Waals surface area contributed by atoms with Crippen molar-refractivity contribution in [2.75, 3.05) is 18.4 Å². The third-order valence-electron chi connectivity index (χ3n) is 9.40. The molecule has 15 nitrogen and oxygen atoms in total. The highest BCUT2D eigenvalue weighted by Crippen LogP contribution is 2.22. The van der Waals surface area contributed by atoms with E-state index in [4.69, 9.17) is 19.0 Å². The average Bonchev–Trinajstić information content (AvgIpc) is 3.46. The minimum absolute atomic E-state index is 0.00676. The van der Waals surface area contributed by atoms with E-state index in [2.05, 4.69) is 5.32 Å². The summed E-state index contributed by atoms with van der Waals surface area (Å²) < 4.78 is 16.2. The summed E-state index contributed by atoms with van der Waals surface area (Å²) in [5, 5.41) is 3.00. The summed E-state index contributed by atoms with van der Waals surface area (Å²) in [6.45, 7) is 15.3. The number of imide groups is 1. The summed E-state index contributed by atoms with van der Waals surface area (Å²) in [6, 6.07) is 3.67. The van der Waals surface area contributed by atoms with E-state index in [1.165, 1.54) is 55.6 Å². The second-order valence-electron chi connectivity index (χ2n) is 19.0. The van der Waals surface area contributed by atoms with Gasteiger partial charge in [-0.1, -0.05) is 77.0 Å². The first kappa shape index (κ1) is 53.3. The summed E-state index contributed by atoms with van der Waals surface area (Å²) in [5.41, 5.74) is -2.42. The molecule has 0 aromatic heterocycles. The average molecular weight is 872 g/mol. The van der Waals surface area contributed by atoms with Gasteiger partial charge in [0.2, 0.25) is 11.8 Å². The van der Waals surface area contributed by atoms with Crippen LogP contribution in [0.25, 0.3) is 0 Å². The highest BCUT2D eigenvalue weighted by Gasteiger charge is 2.34. The molecule has 4 amide bonds. The standard InChI is InChI=1S/C47H73N3O12/c1-45(2,3)59-41(55)25-23-21-19-17-15-13-11-10-12-14-16-18-20-22-24-38(52)49(29-28-42(56)60-46(4,5)6)33-37(51)48-36-31-34(43(57)61-47(7,8)9)30-35(32-36)44(58)62-50-39(53)26-27-40(50)54/h30-32H,10-29,33H2,1-9H3,(H,48,51). The fourth-order valence-corrected chi connectivity index (χ4v) is 6.57. The van der Waals surface area contributed by atoms with E-state index in [-0.39, 0.29) is 60.9 Å². The first-order valence-electron chi connectivity index (χ1n) is 22.4. The van der Waals surface area contributed by atoms with E-state index in [9.17, 15) is 38.4 Å². The first-order chi connectivity index (χ1) is 28.9. The van der Waals surface area contributed by atoms with Crippen LogP contribution < -0.4 is 5.32 Å². The molecule has 0 spiro atoms. The first-order valence-corrected chi connectivity index (χ1v) is 22.4. The quantitative estimate of drug-likeness (QED) is 0.0403. The summed E-state index contributed by atoms with van der Waals surface area (Å²) in [7, 11) is 0. The molecule has 0 saturated carbocycles. The number of hydrogen-bond donors (Lipinski definition) is 1. The maximum Gasteiger partial charge on any atom is 0.364 e. The summed E-state index contributed by atoms with van der Waals surface area (Å²) >= 11 is 0. The molecule has 62 heavy (non-hydrogen) atoms. The molecule has 1 aromatic carbocycles. The Morgan fingerprint density at radius 1 is 0.548 bits per heavy atom. The Morgan fingerprint density at radius 2 is 0.952 bits per heavy atom. The Balaban J connectivity index is 1.89. The van der Waals surface area contributed by atoms with Crippen LogP contribution in [0.4, 0.5) is 5.69 Å². The van der Waals surface area contributed by atoms with Crippen molar-refractivity contribution in [1.82, 2.24) is 9.96 Å². The molecule has 0 aliphatic carbocycles. The molecular weight excluding hydrogens is 799 g/mol. The number of rotatable bonds is 26. The zero-order chi connectivity index (χ0) is 46.5. The van der Waals surface area contributed by atoms with Crippen molar-refractivity contribution in [2.24, 2.45) is 0 Å². The van der Waals surface area contributed by atoms with Crippen molar-refractivity contribution in [3.05, 3.63) is 29.3 Å². The minimum atomic E-state index is -1.11. The van der Waals surface area contributed by atoms with Gasteiger partial charge >= 0.3 is 23.9 Å². The Morgan fingerprint density at radius 3 is 1.40 bits per heavy atom. The Hall–Kier alpha value is -4.82. The van der Waals surface area contributed by atoms with E-state index < -0.39 is 59.0 Å². The molecule has 1 fully saturated rings. The number of hydrogen-bond acceptors (Lipinski definition) is 12. The molecule has 0 unspecified atom stereocenters. The third kappa shape index (κ3) is 23.4. The Kier molecular flexibility index (Phi) is 22.3. The van der Waals surface area contributed by atoms with Gasteiger partial charge in [0.1, 0.15) is 16.8 Å². The Labute approximate surface area is 368 Å². The number of carbonyl (C=O) groups excluding carboxylic acids is 8. The molecule has 1 N–H and O–H groups in total. The number of nitrogens with one attached hydrogen (secondary N) is 1. The summed E-state index contributed by atoms with van der Waals surface area (Å²) in [5.74, 6) is -4.91. The van der Waals surface area contributed by atoms with Gasteiger partial charge in [-0.25, -0.2) is 9.59 Å². The van der Waals surface area contributed by atoms with E-state index in [0.29, 0.717) is 17.9 Å². The Bertz CT molecular complexity index is 1670. The van der Waals surface area contributed by atoms with Gasteiger partial charge in [-0.3, -0.25) is 28.8 Å². The van der Waals surface area contributed by atoms with Crippen molar-refractivity contribution in [3.8, 4) is 0 Å². The fraction of sp³-hybridized carbons (Fsp3) is 0.702. The van der Waals surface area contributed by atoms with Crippen LogP contribution in [0.3, 0.4) is 0 Å². The predicted octanol–water partition coefficient (Wildman–Crippen LogP) is 8.94. The smallest absolute Gasteiger partial charge is 0.364 e. The maximum atomic E-state index is 13.5. The van der Waals surface area contributed by atoms with Gasteiger partial charge in [0.15, 0.2) is 0 Å². The van der Waals surface area contributed by atoms with Crippen LogP contribution in [-0.4, -0.2) is 87.4 Å². The lowest BCUT2D eigenvalue weighted by molar-refractivity contribution is -0.172. The van der Waals surface area contributed by atoms with Crippen molar-refractivity contribution in [1.29, 1.82) is 0 Å². The predicted molar refractivity (Wildman–Crippen MR) is 234 cm³/mol. The second kappa shape index (κ2) is 26.0. The monoisotopic (exact) mass is 872 g/mol. The number of unbranched alkanes of at least 4 members (excludes halogenated alkanes) is 13. The van der Waals surface area contributed by atoms with Crippen LogP contribution in [0.2, 0.25) is 0 Å². The molecular formula is C47H73N3O12. The topological polar surface area (TPSA) is 192 Å². The highest BCUT2D eigenvalue weighted by atomic mass is 16.7. The number of benzene rings is 1. The van der Waals surface area contributed by atoms with Crippen LogP contribution in [0.1, 0.15) is 205 Å². The molecule has 1 aromatic rings. The van der Waals surface area contributed by atoms with Gasteiger partial charge in [-0.05, 0) is 93.4 Å². The zero-order valence-electron chi connectivity index (χ0n) is 38.9. The number of amides is 4. The van der Waals surface area contributed by atoms with Crippen LogP contribution in [0.15, 0.2) is 18.2 Å². The summed E-state index contributed by atoms with van der Waals surface area (Å²) in [4.78, 5) is 108. The number of ether oxygens (including phenoxy) is 3. The molecule has 1 heterocycles. The lowest BCUT2D eigenvalue weighted by Gasteiger charge is -2.24. The number of hydroxylamine groups is 2. The van der Waals surface area contributed by atoms with Crippen LogP contribution in [0, 0.1) is 0 Å². The number of esters is 3. The largest absolute Gasteiger partial charge is 0.460 e. The molecule has 348 valence electrons. The van der Waals surface area contributed by atoms with Gasteiger partial charge in [-0.15, -0.1) is 5.06 Å². The number of anilines is 1. The van der Waals surface area contributed by atoms with Gasteiger partial charge in [0, 0.05) is 37.9 Å². The molecule has 0 bridgehead atoms. The van der Waals surface area contributed by atoms with Gasteiger partial charge < -0.3 is 29.3 Å². The third-order valence-corrected chi connectivity index (χ3v) is 9.40. The van der Waals surface area contributed by atoms with Gasteiger partial charge in [0.05, 0.1) is 24.1 Å². The highest BCUT2D eigenvalue weighted by molar-refractivity contribution is 6.04. The van der Waals surface area contributed by atoms with E-state index in [0.717, 1.165) is 51.0 Å². The van der Waals surface area contributed by atoms with Crippen molar-refractivity contribution < 1.29 is 57.4 Å². The number of carbonyl (C=O) groups is 8. The van der Waals surface area contributed by atoms with Crippen LogP contribution >= 0.6 is 0 Å². The van der Waals surface area contributed by atoms with Crippen LogP contribution in [0.5, 0.6) is 0 Å². The van der Waals surface area contributed by atoms with Gasteiger partial charge in [0.25, 0.3) is 11.8 Å². The van der Waals surface area contributed by atoms with Crippen LogP contribution in [-0.2, 0) is 47.8 Å². The van der Waals surface area contributed by atoms with Crippen molar-refractivity contribution >= 4 is 53.2 Å². The maximum absolute atomic E-state index is 13.5. The minimum Gasteiger partial charge on any atom is -0.460 e. The van der Waals surface area contributed by atoms with Gasteiger partial charge in [-0.2, -0.15) is 0 Å². The SMILES string of the molecule is CC(C)(C)OC(=O)CCCCCCCCCCCCCCCCC(=O)N(CCC(=O)OC(C)(C)C)CC(=O)Nc1cc(C(=O)ON2C(=O)CCC2=O)cc(C(=O)OC(C)(C)C)c1. The van der Waals surface area contributed by atoms with Crippen molar-refractivity contribution in [2.45, 2.75) is 201 Å². The summed E-state index contributed by atoms with van der Waals surface area (Å²) in [6.07, 6.45) is 15.2. The van der Waals surface area contributed by atoms with Crippen molar-refractivity contribution in [3.63, 3.8) is 0 Å². The molecule has 0 radical (unpaired) electrons. The second-order valence-corrected chi connectivity index (χ2v) is 19.0. The molecule has 1 aliphatic rings. The molecule has 0 atom stereocenters. The molecule has 15 heteroatoms. The lowest BCUT2D eigenvalue weighted by atomic mass is 10.0. The molecule has 1 aliphatic heterocycles. The fourth-order valence-electron chi connectivity index (χ4n) is 6.57. The zero-order valence-corrected chi connectivity index (χ0v) is 38.9. The van der Waals surface area contributed by atoms with E-state index in [1.54, 1.807) is 41.5 Å². The molecule has 1 saturated heterocycles. The molecule has 2 rings (SSSR count). The normalized spacial score (nSPS) is 13.1. The number of nitrogens with zero attached hydrogens (tertiary/aromatic N) is 2. The van der Waals surface area contributed by atoms with E-state index >= 15 is 0 Å². The van der Waals surface area contributed by atoms with E-state index in [1.807, 2.05) is 20.8 Å². The lowest BCUT2D eigenvalue weighted by Crippen LogP contribution is -2.39.